The van der Waals surface area contributed by atoms with Crippen LogP contribution in [0, 0.1) is 0 Å². The first-order valence-electron chi connectivity index (χ1n) is 5.34. The lowest BCUT2D eigenvalue weighted by Gasteiger charge is -2.29. The molecule has 4 nitrogen and oxygen atoms in total. The Hall–Kier alpha value is -0.0800. The number of hydrogen-bond acceptors (Lipinski definition) is 5. The van der Waals surface area contributed by atoms with Crippen LogP contribution in [-0.4, -0.2) is 41.9 Å². The van der Waals surface area contributed by atoms with Gasteiger partial charge in [-0.05, 0) is 11.4 Å². The van der Waals surface area contributed by atoms with Crippen LogP contribution in [0.3, 0.4) is 0 Å². The summed E-state index contributed by atoms with van der Waals surface area (Å²) in [6.07, 6.45) is 0. The Balaban J connectivity index is 2.30. The van der Waals surface area contributed by atoms with Crippen LogP contribution in [0.5, 0.6) is 0 Å². The Morgan fingerprint density at radius 3 is 3.00 bits per heavy atom. The predicted molar refractivity (Wildman–Crippen MR) is 70.9 cm³/mol. The number of thioether (sulfide) groups is 1. The van der Waals surface area contributed by atoms with E-state index in [1.165, 1.54) is 15.6 Å². The molecular formula is C10H15NO3S3. The van der Waals surface area contributed by atoms with E-state index in [1.807, 2.05) is 6.92 Å². The Kier molecular flexibility index (Phi) is 4.14. The molecule has 0 bridgehead atoms. The molecule has 17 heavy (non-hydrogen) atoms. The minimum atomic E-state index is -3.42. The van der Waals surface area contributed by atoms with Crippen LogP contribution >= 0.6 is 23.1 Å². The Labute approximate surface area is 110 Å². The SMILES string of the molecule is CC1CN(S(=O)(=O)c2ccsc2CO)CCS1. The summed E-state index contributed by atoms with van der Waals surface area (Å²) in [7, 11) is -3.42. The summed E-state index contributed by atoms with van der Waals surface area (Å²) >= 11 is 3.07. The molecule has 0 aromatic carbocycles. The van der Waals surface area contributed by atoms with E-state index in [4.69, 9.17) is 5.11 Å². The second-order valence-electron chi connectivity index (χ2n) is 3.91. The van der Waals surface area contributed by atoms with Crippen LogP contribution in [-0.2, 0) is 16.6 Å². The molecule has 0 amide bonds. The molecule has 2 rings (SSSR count). The monoisotopic (exact) mass is 293 g/mol. The lowest BCUT2D eigenvalue weighted by molar-refractivity contribution is 0.282. The standard InChI is InChI=1S/C10H15NO3S3/c1-8-6-11(3-5-15-8)17(13,14)10-2-4-16-9(10)7-12/h2,4,8,12H,3,5-7H2,1H3. The molecule has 1 atom stereocenters. The first-order valence-corrected chi connectivity index (χ1v) is 8.71. The smallest absolute Gasteiger partial charge is 0.244 e. The predicted octanol–water partition coefficient (Wildman–Crippen LogP) is 1.37. The van der Waals surface area contributed by atoms with Gasteiger partial charge in [0.25, 0.3) is 0 Å². The van der Waals surface area contributed by atoms with Crippen molar-refractivity contribution in [2.24, 2.45) is 0 Å². The average molecular weight is 293 g/mol. The highest BCUT2D eigenvalue weighted by atomic mass is 32.2. The highest BCUT2D eigenvalue weighted by Crippen LogP contribution is 2.28. The number of thiophene rings is 1. The van der Waals surface area contributed by atoms with Crippen LogP contribution < -0.4 is 0 Å². The molecular weight excluding hydrogens is 278 g/mol. The molecule has 1 aromatic heterocycles. The first-order chi connectivity index (χ1) is 8.05. The second-order valence-corrected chi connectivity index (χ2v) is 8.36. The average Bonchev–Trinajstić information content (AvgIpc) is 2.77. The van der Waals surface area contributed by atoms with Gasteiger partial charge in [0, 0.05) is 29.0 Å². The number of aliphatic hydroxyl groups excluding tert-OH is 1. The molecule has 0 saturated carbocycles. The van der Waals surface area contributed by atoms with Crippen LogP contribution in [0.1, 0.15) is 11.8 Å². The summed E-state index contributed by atoms with van der Waals surface area (Å²) in [6, 6.07) is 1.58. The Morgan fingerprint density at radius 1 is 1.59 bits per heavy atom. The fourth-order valence-corrected chi connectivity index (χ4v) is 5.84. The topological polar surface area (TPSA) is 57.6 Å². The lowest BCUT2D eigenvalue weighted by atomic mass is 10.4. The molecule has 7 heteroatoms. The third-order valence-corrected chi connectivity index (χ3v) is 6.79. The summed E-state index contributed by atoms with van der Waals surface area (Å²) in [4.78, 5) is 0.792. The third kappa shape index (κ3) is 2.68. The molecule has 1 fully saturated rings. The molecule has 0 spiro atoms. The maximum Gasteiger partial charge on any atom is 0.244 e. The fourth-order valence-electron chi connectivity index (χ4n) is 1.82. The molecule has 0 radical (unpaired) electrons. The number of sulfonamides is 1. The van der Waals surface area contributed by atoms with Crippen molar-refractivity contribution in [3.8, 4) is 0 Å². The van der Waals surface area contributed by atoms with Crippen molar-refractivity contribution in [2.45, 2.75) is 23.7 Å². The lowest BCUT2D eigenvalue weighted by Crippen LogP contribution is -2.41. The van der Waals surface area contributed by atoms with Gasteiger partial charge in [0.2, 0.25) is 10.0 Å². The molecule has 2 heterocycles. The van der Waals surface area contributed by atoms with Crippen molar-refractivity contribution >= 4 is 33.1 Å². The molecule has 1 saturated heterocycles. The second kappa shape index (κ2) is 5.27. The molecule has 1 aromatic rings. The maximum absolute atomic E-state index is 12.4. The molecule has 0 aliphatic carbocycles. The van der Waals surface area contributed by atoms with Crippen molar-refractivity contribution < 1.29 is 13.5 Å². The summed E-state index contributed by atoms with van der Waals surface area (Å²) in [5.74, 6) is 0.832. The van der Waals surface area contributed by atoms with Gasteiger partial charge in [0.15, 0.2) is 0 Å². The van der Waals surface area contributed by atoms with Crippen LogP contribution in [0.25, 0.3) is 0 Å². The van der Waals surface area contributed by atoms with Crippen molar-refractivity contribution in [3.05, 3.63) is 16.3 Å². The number of nitrogens with zero attached hydrogens (tertiary/aromatic N) is 1. The highest BCUT2D eigenvalue weighted by molar-refractivity contribution is 8.00. The number of rotatable bonds is 3. The van der Waals surface area contributed by atoms with E-state index in [2.05, 4.69) is 0 Å². The van der Waals surface area contributed by atoms with Crippen LogP contribution in [0.15, 0.2) is 16.3 Å². The van der Waals surface area contributed by atoms with E-state index < -0.39 is 10.0 Å². The van der Waals surface area contributed by atoms with Crippen molar-refractivity contribution in [1.82, 2.24) is 4.31 Å². The van der Waals surface area contributed by atoms with Gasteiger partial charge in [0.1, 0.15) is 0 Å². The van der Waals surface area contributed by atoms with E-state index >= 15 is 0 Å². The summed E-state index contributed by atoms with van der Waals surface area (Å²) in [5, 5.41) is 11.2. The first kappa shape index (κ1) is 13.4. The van der Waals surface area contributed by atoms with E-state index in [-0.39, 0.29) is 11.5 Å². The van der Waals surface area contributed by atoms with E-state index in [0.717, 1.165) is 5.75 Å². The van der Waals surface area contributed by atoms with Gasteiger partial charge in [-0.2, -0.15) is 16.1 Å². The maximum atomic E-state index is 12.4. The van der Waals surface area contributed by atoms with Gasteiger partial charge >= 0.3 is 0 Å². The van der Waals surface area contributed by atoms with Gasteiger partial charge < -0.3 is 5.11 Å². The van der Waals surface area contributed by atoms with Gasteiger partial charge in [-0.3, -0.25) is 0 Å². The van der Waals surface area contributed by atoms with Gasteiger partial charge in [-0.1, -0.05) is 6.92 Å². The van der Waals surface area contributed by atoms with Gasteiger partial charge in [0.05, 0.1) is 11.5 Å². The Bertz CT molecular complexity index is 483. The minimum Gasteiger partial charge on any atom is -0.391 e. The molecule has 1 aliphatic heterocycles. The highest BCUT2D eigenvalue weighted by Gasteiger charge is 2.30. The van der Waals surface area contributed by atoms with Gasteiger partial charge in [-0.25, -0.2) is 8.42 Å². The molecule has 96 valence electrons. The van der Waals surface area contributed by atoms with Crippen molar-refractivity contribution in [3.63, 3.8) is 0 Å². The van der Waals surface area contributed by atoms with Crippen molar-refractivity contribution in [2.75, 3.05) is 18.8 Å². The van der Waals surface area contributed by atoms with Crippen LogP contribution in [0.2, 0.25) is 0 Å². The molecule has 1 aliphatic rings. The number of aliphatic hydroxyl groups is 1. The zero-order valence-corrected chi connectivity index (χ0v) is 11.9. The zero-order chi connectivity index (χ0) is 12.5. The van der Waals surface area contributed by atoms with Crippen LogP contribution in [0.4, 0.5) is 0 Å². The summed E-state index contributed by atoms with van der Waals surface area (Å²) in [6.45, 7) is 2.92. The zero-order valence-electron chi connectivity index (χ0n) is 9.50. The van der Waals surface area contributed by atoms with Crippen molar-refractivity contribution in [1.29, 1.82) is 0 Å². The molecule has 1 unspecified atom stereocenters. The molecule has 1 N–H and O–H groups in total. The van der Waals surface area contributed by atoms with E-state index in [1.54, 1.807) is 23.2 Å². The Morgan fingerprint density at radius 2 is 2.35 bits per heavy atom. The minimum absolute atomic E-state index is 0.218. The number of hydrogen-bond donors (Lipinski definition) is 1. The normalized spacial score (nSPS) is 22.8. The largest absolute Gasteiger partial charge is 0.391 e. The fraction of sp³-hybridized carbons (Fsp3) is 0.600. The summed E-state index contributed by atoms with van der Waals surface area (Å²) < 4.78 is 26.3. The summed E-state index contributed by atoms with van der Waals surface area (Å²) in [5.41, 5.74) is 0. The third-order valence-electron chi connectivity index (χ3n) is 2.67. The van der Waals surface area contributed by atoms with E-state index in [9.17, 15) is 8.42 Å². The van der Waals surface area contributed by atoms with Gasteiger partial charge in [-0.15, -0.1) is 11.3 Å². The van der Waals surface area contributed by atoms with E-state index in [0.29, 0.717) is 23.2 Å². The quantitative estimate of drug-likeness (QED) is 0.914.